The van der Waals surface area contributed by atoms with Crippen LogP contribution in [0.3, 0.4) is 0 Å². The largest absolute Gasteiger partial charge is 0.494 e. The van der Waals surface area contributed by atoms with E-state index in [0.29, 0.717) is 28.9 Å². The van der Waals surface area contributed by atoms with Gasteiger partial charge in [-0.3, -0.25) is 9.59 Å². The Morgan fingerprint density at radius 2 is 1.65 bits per heavy atom. The molecule has 0 unspecified atom stereocenters. The Balaban J connectivity index is 1.29. The number of fused-ring (bicyclic) bond motifs is 1. The van der Waals surface area contributed by atoms with Crippen molar-refractivity contribution in [3.05, 3.63) is 106 Å². The van der Waals surface area contributed by atoms with Crippen molar-refractivity contribution in [3.63, 3.8) is 0 Å². The molecule has 0 spiro atoms. The summed E-state index contributed by atoms with van der Waals surface area (Å²) in [4.78, 5) is 25.0. The molecule has 0 saturated heterocycles. The SMILES string of the molecule is O=C(Nc1[c]oc2ccccc2c1=O)c1ccc(OCCCCc2ccccc2)cc1. The molecule has 155 valence electrons. The van der Waals surface area contributed by atoms with E-state index in [1.807, 2.05) is 18.2 Å². The number of carbonyl (C=O) groups is 1. The lowest BCUT2D eigenvalue weighted by Crippen LogP contribution is -2.18. The number of unbranched alkanes of at least 4 members (excludes halogenated alkanes) is 1. The highest BCUT2D eigenvalue weighted by Crippen LogP contribution is 2.16. The monoisotopic (exact) mass is 412 g/mol. The molecule has 0 fully saturated rings. The topological polar surface area (TPSA) is 68.5 Å². The maximum atomic E-state index is 12.5. The van der Waals surface area contributed by atoms with Gasteiger partial charge >= 0.3 is 0 Å². The van der Waals surface area contributed by atoms with Crippen molar-refractivity contribution in [1.82, 2.24) is 0 Å². The Labute approximate surface area is 180 Å². The molecule has 1 aromatic heterocycles. The molecule has 0 aliphatic heterocycles. The Morgan fingerprint density at radius 1 is 0.903 bits per heavy atom. The lowest BCUT2D eigenvalue weighted by Gasteiger charge is -2.08. The van der Waals surface area contributed by atoms with Gasteiger partial charge in [-0.25, -0.2) is 0 Å². The van der Waals surface area contributed by atoms with Crippen LogP contribution in [-0.2, 0) is 6.42 Å². The molecule has 31 heavy (non-hydrogen) atoms. The fraction of sp³-hybridized carbons (Fsp3) is 0.154. The van der Waals surface area contributed by atoms with Crippen LogP contribution in [-0.4, -0.2) is 12.5 Å². The quantitative estimate of drug-likeness (QED) is 0.402. The van der Waals surface area contributed by atoms with E-state index in [-0.39, 0.29) is 11.1 Å². The van der Waals surface area contributed by atoms with Gasteiger partial charge in [0, 0.05) is 5.56 Å². The first-order chi connectivity index (χ1) is 15.2. The summed E-state index contributed by atoms with van der Waals surface area (Å²) < 4.78 is 11.1. The number of nitrogens with one attached hydrogen (secondary N) is 1. The predicted molar refractivity (Wildman–Crippen MR) is 121 cm³/mol. The maximum absolute atomic E-state index is 12.5. The molecule has 0 aliphatic rings. The van der Waals surface area contributed by atoms with E-state index >= 15 is 0 Å². The van der Waals surface area contributed by atoms with Crippen molar-refractivity contribution < 1.29 is 13.9 Å². The predicted octanol–water partition coefficient (Wildman–Crippen LogP) is 5.25. The van der Waals surface area contributed by atoms with Gasteiger partial charge in [0.25, 0.3) is 5.91 Å². The highest BCUT2D eigenvalue weighted by Gasteiger charge is 2.12. The first kappa shape index (κ1) is 20.4. The van der Waals surface area contributed by atoms with Crippen LogP contribution >= 0.6 is 0 Å². The number of rotatable bonds is 8. The number of hydrogen-bond acceptors (Lipinski definition) is 4. The average Bonchev–Trinajstić information content (AvgIpc) is 2.82. The summed E-state index contributed by atoms with van der Waals surface area (Å²) in [6.45, 7) is 0.617. The molecule has 5 nitrogen and oxygen atoms in total. The zero-order valence-corrected chi connectivity index (χ0v) is 17.0. The summed E-state index contributed by atoms with van der Waals surface area (Å²) in [5.74, 6) is 0.293. The Bertz CT molecular complexity index is 1210. The molecule has 1 N–H and O–H groups in total. The van der Waals surface area contributed by atoms with Gasteiger partial charge in [-0.15, -0.1) is 0 Å². The van der Waals surface area contributed by atoms with Crippen molar-refractivity contribution in [2.24, 2.45) is 0 Å². The first-order valence-electron chi connectivity index (χ1n) is 10.2. The fourth-order valence-electron chi connectivity index (χ4n) is 3.27. The molecule has 5 heteroatoms. The average molecular weight is 412 g/mol. The minimum atomic E-state index is -0.409. The summed E-state index contributed by atoms with van der Waals surface area (Å²) in [6, 6.07) is 24.0. The number of hydrogen-bond donors (Lipinski definition) is 1. The number of ether oxygens (including phenoxy) is 1. The highest BCUT2D eigenvalue weighted by molar-refractivity contribution is 6.04. The molecular formula is C26H22NO4. The van der Waals surface area contributed by atoms with Crippen molar-refractivity contribution in [1.29, 1.82) is 0 Å². The Kier molecular flexibility index (Phi) is 6.43. The molecule has 0 atom stereocenters. The zero-order chi connectivity index (χ0) is 21.5. The van der Waals surface area contributed by atoms with E-state index in [0.717, 1.165) is 19.3 Å². The van der Waals surface area contributed by atoms with Gasteiger partial charge in [-0.05, 0) is 61.2 Å². The second-order valence-corrected chi connectivity index (χ2v) is 7.17. The number of carbonyl (C=O) groups excluding carboxylic acids is 1. The van der Waals surface area contributed by atoms with Crippen LogP contribution in [0, 0.1) is 6.26 Å². The number of aryl methyl sites for hydroxylation is 1. The van der Waals surface area contributed by atoms with Gasteiger partial charge in [-0.1, -0.05) is 42.5 Å². The van der Waals surface area contributed by atoms with Crippen LogP contribution in [0.1, 0.15) is 28.8 Å². The van der Waals surface area contributed by atoms with Crippen molar-refractivity contribution in [2.45, 2.75) is 19.3 Å². The molecule has 0 aliphatic carbocycles. The van der Waals surface area contributed by atoms with E-state index in [1.54, 1.807) is 48.5 Å². The van der Waals surface area contributed by atoms with E-state index in [4.69, 9.17) is 9.15 Å². The number of amides is 1. The standard InChI is InChI=1S/C26H22NO4/c28-25-22-11-4-5-12-24(22)31-18-23(25)27-26(29)20-13-15-21(16-14-20)30-17-7-6-10-19-8-2-1-3-9-19/h1-5,8-9,11-16H,6-7,10,17H2,(H,27,29). The maximum Gasteiger partial charge on any atom is 0.255 e. The summed E-state index contributed by atoms with van der Waals surface area (Å²) in [6.07, 6.45) is 5.53. The third-order valence-electron chi connectivity index (χ3n) is 4.95. The lowest BCUT2D eigenvalue weighted by atomic mass is 10.1. The second-order valence-electron chi connectivity index (χ2n) is 7.17. The third-order valence-corrected chi connectivity index (χ3v) is 4.95. The van der Waals surface area contributed by atoms with Crippen molar-refractivity contribution in [3.8, 4) is 5.75 Å². The molecule has 1 heterocycles. The molecule has 1 radical (unpaired) electrons. The normalized spacial score (nSPS) is 10.7. The molecule has 1 amide bonds. The van der Waals surface area contributed by atoms with Gasteiger partial charge in [0.1, 0.15) is 17.0 Å². The second kappa shape index (κ2) is 9.76. The molecule has 4 aromatic rings. The minimum Gasteiger partial charge on any atom is -0.494 e. The van der Waals surface area contributed by atoms with Crippen molar-refractivity contribution in [2.75, 3.05) is 11.9 Å². The van der Waals surface area contributed by atoms with Gasteiger partial charge in [0.2, 0.25) is 5.43 Å². The molecule has 3 aromatic carbocycles. The summed E-state index contributed by atoms with van der Waals surface area (Å²) in [7, 11) is 0. The van der Waals surface area contributed by atoms with Gasteiger partial charge in [0.15, 0.2) is 6.26 Å². The van der Waals surface area contributed by atoms with Crippen LogP contribution in [0.5, 0.6) is 5.75 Å². The molecule has 0 saturated carbocycles. The Hall–Kier alpha value is -3.86. The number of benzene rings is 3. The van der Waals surface area contributed by atoms with E-state index in [2.05, 4.69) is 23.7 Å². The fourth-order valence-corrected chi connectivity index (χ4v) is 3.27. The highest BCUT2D eigenvalue weighted by atomic mass is 16.5. The van der Waals surface area contributed by atoms with Crippen LogP contribution < -0.4 is 15.5 Å². The minimum absolute atomic E-state index is 0.0116. The molecule has 0 bridgehead atoms. The smallest absolute Gasteiger partial charge is 0.255 e. The zero-order valence-electron chi connectivity index (χ0n) is 17.0. The van der Waals surface area contributed by atoms with Crippen molar-refractivity contribution >= 4 is 22.6 Å². The summed E-state index contributed by atoms with van der Waals surface area (Å²) >= 11 is 0. The van der Waals surface area contributed by atoms with Crippen LogP contribution in [0.2, 0.25) is 0 Å². The van der Waals surface area contributed by atoms with E-state index in [1.165, 1.54) is 5.56 Å². The van der Waals surface area contributed by atoms with Gasteiger partial charge in [0.05, 0.1) is 12.0 Å². The van der Waals surface area contributed by atoms with Crippen LogP contribution in [0.25, 0.3) is 11.0 Å². The van der Waals surface area contributed by atoms with Gasteiger partial charge < -0.3 is 14.5 Å². The van der Waals surface area contributed by atoms with E-state index in [9.17, 15) is 9.59 Å². The van der Waals surface area contributed by atoms with Crippen LogP contribution in [0.4, 0.5) is 5.69 Å². The Morgan fingerprint density at radius 3 is 2.45 bits per heavy atom. The number of anilines is 1. The lowest BCUT2D eigenvalue weighted by molar-refractivity contribution is 0.102. The van der Waals surface area contributed by atoms with Gasteiger partial charge in [-0.2, -0.15) is 0 Å². The first-order valence-corrected chi connectivity index (χ1v) is 10.2. The third kappa shape index (κ3) is 5.20. The summed E-state index contributed by atoms with van der Waals surface area (Å²) in [5.41, 5.74) is 1.83. The molecule has 4 rings (SSSR count). The van der Waals surface area contributed by atoms with Crippen LogP contribution in [0.15, 0.2) is 88.1 Å². The van der Waals surface area contributed by atoms with E-state index < -0.39 is 5.91 Å². The summed E-state index contributed by atoms with van der Waals surface area (Å²) in [5, 5.41) is 2.97. The number of para-hydroxylation sites is 1. The molecular weight excluding hydrogens is 390 g/mol.